The first-order valence-corrected chi connectivity index (χ1v) is 6.37. The minimum Gasteiger partial charge on any atom is -0.370 e. The molecule has 0 atom stereocenters. The molecule has 1 aromatic heterocycles. The molecule has 1 rings (SSSR count). The summed E-state index contributed by atoms with van der Waals surface area (Å²) in [6.45, 7) is 4.13. The first-order valence-electron chi connectivity index (χ1n) is 6.37. The quantitative estimate of drug-likeness (QED) is 0.645. The lowest BCUT2D eigenvalue weighted by molar-refractivity contribution is -0.384. The van der Waals surface area contributed by atoms with Gasteiger partial charge in [-0.25, -0.2) is 4.98 Å². The molecule has 6 nitrogen and oxygen atoms in total. The molecule has 0 aromatic carbocycles. The maximum absolute atomic E-state index is 12.6. The van der Waals surface area contributed by atoms with E-state index in [4.69, 9.17) is 0 Å². The van der Waals surface area contributed by atoms with Gasteiger partial charge in [-0.05, 0) is 20.8 Å². The van der Waals surface area contributed by atoms with Crippen molar-refractivity contribution in [2.75, 3.05) is 23.3 Å². The van der Waals surface area contributed by atoms with Crippen LogP contribution in [0.2, 0.25) is 0 Å². The molecule has 0 bridgehead atoms. The van der Waals surface area contributed by atoms with Crippen molar-refractivity contribution in [1.29, 1.82) is 0 Å². The van der Waals surface area contributed by atoms with E-state index in [-0.39, 0.29) is 17.3 Å². The van der Waals surface area contributed by atoms with E-state index >= 15 is 0 Å². The summed E-state index contributed by atoms with van der Waals surface area (Å²) in [7, 11) is 0. The zero-order valence-corrected chi connectivity index (χ0v) is 11.9. The highest BCUT2D eigenvalue weighted by atomic mass is 19.4. The molecule has 0 unspecified atom stereocenters. The zero-order valence-electron chi connectivity index (χ0n) is 11.9. The molecule has 0 saturated heterocycles. The standard InChI is InChI=1S/C12H17F3N4O2/c1-4-16-10-5-9(19(20)21)6-11(17-10)18(8(2)3)7-12(13,14)15/h5-6,8H,4,7H2,1-3H3,(H,16,17). The Hall–Kier alpha value is -2.06. The summed E-state index contributed by atoms with van der Waals surface area (Å²) in [5.74, 6) is 0.0991. The van der Waals surface area contributed by atoms with Crippen molar-refractivity contribution in [1.82, 2.24) is 4.98 Å². The molecule has 0 saturated carbocycles. The van der Waals surface area contributed by atoms with Gasteiger partial charge in [-0.15, -0.1) is 0 Å². The molecule has 118 valence electrons. The largest absolute Gasteiger partial charge is 0.405 e. The van der Waals surface area contributed by atoms with Crippen molar-refractivity contribution in [3.05, 3.63) is 22.2 Å². The van der Waals surface area contributed by atoms with Crippen molar-refractivity contribution in [2.45, 2.75) is 33.0 Å². The lowest BCUT2D eigenvalue weighted by Gasteiger charge is -2.28. The fourth-order valence-corrected chi connectivity index (χ4v) is 1.75. The predicted molar refractivity (Wildman–Crippen MR) is 73.6 cm³/mol. The van der Waals surface area contributed by atoms with E-state index in [2.05, 4.69) is 10.3 Å². The van der Waals surface area contributed by atoms with E-state index < -0.39 is 23.7 Å². The molecule has 0 fully saturated rings. The molecular weight excluding hydrogens is 289 g/mol. The molecule has 0 radical (unpaired) electrons. The van der Waals surface area contributed by atoms with Crippen LogP contribution in [0, 0.1) is 10.1 Å². The lowest BCUT2D eigenvalue weighted by Crippen LogP contribution is -2.39. The Morgan fingerprint density at radius 1 is 1.43 bits per heavy atom. The Labute approximate surface area is 120 Å². The summed E-state index contributed by atoms with van der Waals surface area (Å²) < 4.78 is 37.9. The molecule has 0 aliphatic heterocycles. The van der Waals surface area contributed by atoms with Crippen LogP contribution in [0.1, 0.15) is 20.8 Å². The van der Waals surface area contributed by atoms with Crippen molar-refractivity contribution < 1.29 is 18.1 Å². The van der Waals surface area contributed by atoms with Crippen LogP contribution < -0.4 is 10.2 Å². The average molecular weight is 306 g/mol. The number of alkyl halides is 3. The van der Waals surface area contributed by atoms with E-state index in [0.29, 0.717) is 6.54 Å². The molecule has 0 spiro atoms. The molecule has 0 amide bonds. The summed E-state index contributed by atoms with van der Waals surface area (Å²) in [5, 5.41) is 13.7. The smallest absolute Gasteiger partial charge is 0.370 e. The van der Waals surface area contributed by atoms with Crippen LogP contribution in [0.4, 0.5) is 30.5 Å². The van der Waals surface area contributed by atoms with Crippen molar-refractivity contribution in [2.24, 2.45) is 0 Å². The van der Waals surface area contributed by atoms with Gasteiger partial charge in [-0.2, -0.15) is 13.2 Å². The van der Waals surface area contributed by atoms with Gasteiger partial charge in [-0.1, -0.05) is 0 Å². The normalized spacial score (nSPS) is 11.6. The van der Waals surface area contributed by atoms with Gasteiger partial charge < -0.3 is 10.2 Å². The van der Waals surface area contributed by atoms with Gasteiger partial charge in [0.2, 0.25) is 0 Å². The molecule has 21 heavy (non-hydrogen) atoms. The highest BCUT2D eigenvalue weighted by molar-refractivity contribution is 5.56. The van der Waals surface area contributed by atoms with Gasteiger partial charge in [0.25, 0.3) is 5.69 Å². The summed E-state index contributed by atoms with van der Waals surface area (Å²) in [5.41, 5.74) is -0.302. The number of hydrogen-bond donors (Lipinski definition) is 1. The number of halogens is 3. The summed E-state index contributed by atoms with van der Waals surface area (Å²) >= 11 is 0. The van der Waals surface area contributed by atoms with Crippen LogP contribution in [0.3, 0.4) is 0 Å². The number of aromatic nitrogens is 1. The molecular formula is C12H17F3N4O2. The Bertz CT molecular complexity index is 506. The third-order valence-electron chi connectivity index (χ3n) is 2.63. The van der Waals surface area contributed by atoms with E-state index in [9.17, 15) is 23.3 Å². The molecule has 0 aliphatic rings. The van der Waals surface area contributed by atoms with Crippen LogP contribution in [-0.4, -0.2) is 35.2 Å². The number of anilines is 2. The monoisotopic (exact) mass is 306 g/mol. The lowest BCUT2D eigenvalue weighted by atomic mass is 10.2. The number of rotatable bonds is 6. The Balaban J connectivity index is 3.25. The van der Waals surface area contributed by atoms with E-state index in [1.165, 1.54) is 6.07 Å². The van der Waals surface area contributed by atoms with E-state index in [1.807, 2.05) is 0 Å². The fraction of sp³-hybridized carbons (Fsp3) is 0.583. The number of nitro groups is 1. The van der Waals surface area contributed by atoms with Gasteiger partial charge in [0, 0.05) is 12.6 Å². The van der Waals surface area contributed by atoms with Crippen LogP contribution >= 0.6 is 0 Å². The number of nitrogens with zero attached hydrogens (tertiary/aromatic N) is 3. The second-order valence-electron chi connectivity index (χ2n) is 4.69. The van der Waals surface area contributed by atoms with E-state index in [1.54, 1.807) is 20.8 Å². The minimum atomic E-state index is -4.42. The Morgan fingerprint density at radius 2 is 2.05 bits per heavy atom. The molecule has 0 aliphatic carbocycles. The highest BCUT2D eigenvalue weighted by Gasteiger charge is 2.33. The first kappa shape index (κ1) is 17.0. The van der Waals surface area contributed by atoms with Crippen molar-refractivity contribution in [3.8, 4) is 0 Å². The van der Waals surface area contributed by atoms with Crippen molar-refractivity contribution >= 4 is 17.3 Å². The van der Waals surface area contributed by atoms with Gasteiger partial charge in [0.05, 0.1) is 17.1 Å². The Morgan fingerprint density at radius 3 is 2.48 bits per heavy atom. The number of nitrogens with one attached hydrogen (secondary N) is 1. The fourth-order valence-electron chi connectivity index (χ4n) is 1.75. The van der Waals surface area contributed by atoms with Gasteiger partial charge in [0.15, 0.2) is 0 Å². The van der Waals surface area contributed by atoms with Crippen LogP contribution in [0.25, 0.3) is 0 Å². The Kier molecular flexibility index (Phi) is 5.34. The van der Waals surface area contributed by atoms with Crippen LogP contribution in [-0.2, 0) is 0 Å². The summed E-state index contributed by atoms with van der Waals surface area (Å²) in [6, 6.07) is 1.74. The van der Waals surface area contributed by atoms with Gasteiger partial charge in [0.1, 0.15) is 18.2 Å². The van der Waals surface area contributed by atoms with E-state index in [0.717, 1.165) is 11.0 Å². The van der Waals surface area contributed by atoms with Crippen LogP contribution in [0.5, 0.6) is 0 Å². The molecule has 1 heterocycles. The van der Waals surface area contributed by atoms with Crippen molar-refractivity contribution in [3.63, 3.8) is 0 Å². The third kappa shape index (κ3) is 5.09. The van der Waals surface area contributed by atoms with Gasteiger partial charge >= 0.3 is 6.18 Å². The van der Waals surface area contributed by atoms with Gasteiger partial charge in [-0.3, -0.25) is 10.1 Å². The SMILES string of the molecule is CCNc1cc([N+](=O)[O-])cc(N(CC(F)(F)F)C(C)C)n1. The number of hydrogen-bond acceptors (Lipinski definition) is 5. The topological polar surface area (TPSA) is 71.3 Å². The second-order valence-corrected chi connectivity index (χ2v) is 4.69. The third-order valence-corrected chi connectivity index (χ3v) is 2.63. The second kappa shape index (κ2) is 6.59. The summed E-state index contributed by atoms with van der Waals surface area (Å²) in [4.78, 5) is 15.2. The molecule has 1 aromatic rings. The highest BCUT2D eigenvalue weighted by Crippen LogP contribution is 2.27. The van der Waals surface area contributed by atoms with Crippen LogP contribution in [0.15, 0.2) is 12.1 Å². The average Bonchev–Trinajstić information content (AvgIpc) is 2.34. The molecule has 9 heteroatoms. The zero-order chi connectivity index (χ0) is 16.2. The minimum absolute atomic E-state index is 0.0764. The first-order chi connectivity index (χ1) is 9.64. The maximum atomic E-state index is 12.6. The summed E-state index contributed by atoms with van der Waals surface area (Å²) in [6.07, 6.45) is -4.42. The predicted octanol–water partition coefficient (Wildman–Crippen LogP) is 3.20. The molecule has 1 N–H and O–H groups in total. The maximum Gasteiger partial charge on any atom is 0.405 e. The number of pyridine rings is 1.